The van der Waals surface area contributed by atoms with Gasteiger partial charge in [-0.25, -0.2) is 18.6 Å². The molecule has 1 aliphatic rings. The second-order valence-corrected chi connectivity index (χ2v) is 9.04. The number of carbonyl (C=O) groups excluding carboxylic acids is 1. The number of nitrogens with zero attached hydrogens (tertiary/aromatic N) is 2. The lowest BCUT2D eigenvalue weighted by Crippen LogP contribution is -2.51. The fourth-order valence-corrected chi connectivity index (χ4v) is 4.09. The molecular weight excluding hydrogens is 404 g/mol. The molecule has 31 heavy (non-hydrogen) atoms. The molecule has 1 aliphatic heterocycles. The Kier molecular flexibility index (Phi) is 6.57. The number of pyridine rings is 1. The van der Waals surface area contributed by atoms with E-state index in [0.29, 0.717) is 19.0 Å². The zero-order chi connectivity index (χ0) is 22.8. The number of anilines is 1. The molecule has 0 saturated carbocycles. The van der Waals surface area contributed by atoms with Gasteiger partial charge in [-0.3, -0.25) is 4.79 Å². The van der Waals surface area contributed by atoms with Crippen LogP contribution in [0.1, 0.15) is 49.7 Å². The quantitative estimate of drug-likeness (QED) is 0.717. The van der Waals surface area contributed by atoms with Crippen molar-refractivity contribution in [3.05, 3.63) is 59.3 Å². The predicted octanol–water partition coefficient (Wildman–Crippen LogP) is 4.96. The first-order valence-electron chi connectivity index (χ1n) is 10.3. The maximum atomic E-state index is 13.8. The van der Waals surface area contributed by atoms with Gasteiger partial charge in [0.25, 0.3) is 5.91 Å². The van der Waals surface area contributed by atoms with Crippen LogP contribution in [0.4, 0.5) is 19.4 Å². The Bertz CT molecular complexity index is 975. The second kappa shape index (κ2) is 8.99. The summed E-state index contributed by atoms with van der Waals surface area (Å²) in [4.78, 5) is 29.9. The van der Waals surface area contributed by atoms with Crippen LogP contribution in [0.5, 0.6) is 0 Å². The van der Waals surface area contributed by atoms with E-state index in [1.165, 1.54) is 4.90 Å². The SMILES string of the molecule is CC(C)(C)C1CC(Cc2cccc(NC(=O)c3ccc(F)cc3F)n2)CCN1C(=O)O. The molecule has 1 fully saturated rings. The number of amides is 2. The summed E-state index contributed by atoms with van der Waals surface area (Å²) >= 11 is 0. The van der Waals surface area contributed by atoms with Crippen LogP contribution >= 0.6 is 0 Å². The van der Waals surface area contributed by atoms with Gasteiger partial charge in [0.1, 0.15) is 17.5 Å². The van der Waals surface area contributed by atoms with Crippen LogP contribution in [0.15, 0.2) is 36.4 Å². The number of likely N-dealkylation sites (tertiary alicyclic amines) is 1. The van der Waals surface area contributed by atoms with E-state index in [4.69, 9.17) is 0 Å². The van der Waals surface area contributed by atoms with Crippen LogP contribution < -0.4 is 5.32 Å². The minimum absolute atomic E-state index is 0.0897. The van der Waals surface area contributed by atoms with Crippen molar-refractivity contribution in [2.45, 2.75) is 46.1 Å². The van der Waals surface area contributed by atoms with E-state index in [-0.39, 0.29) is 28.8 Å². The van der Waals surface area contributed by atoms with Crippen LogP contribution in [-0.2, 0) is 6.42 Å². The summed E-state index contributed by atoms with van der Waals surface area (Å²) in [7, 11) is 0. The van der Waals surface area contributed by atoms with Crippen molar-refractivity contribution in [1.82, 2.24) is 9.88 Å². The first kappa shape index (κ1) is 22.7. The van der Waals surface area contributed by atoms with Gasteiger partial charge in [-0.05, 0) is 54.9 Å². The summed E-state index contributed by atoms with van der Waals surface area (Å²) in [6.07, 6.45) is 1.22. The van der Waals surface area contributed by atoms with Gasteiger partial charge in [-0.15, -0.1) is 0 Å². The molecule has 1 aromatic heterocycles. The molecular formula is C23H27F2N3O3. The Labute approximate surface area is 180 Å². The fourth-order valence-electron chi connectivity index (χ4n) is 4.09. The number of rotatable bonds is 4. The number of benzene rings is 1. The van der Waals surface area contributed by atoms with Crippen molar-refractivity contribution in [3.63, 3.8) is 0 Å². The molecule has 1 saturated heterocycles. The maximum Gasteiger partial charge on any atom is 0.407 e. The maximum absolute atomic E-state index is 13.8. The Morgan fingerprint density at radius 2 is 1.97 bits per heavy atom. The van der Waals surface area contributed by atoms with Crippen molar-refractivity contribution in [2.75, 3.05) is 11.9 Å². The lowest BCUT2D eigenvalue weighted by atomic mass is 9.76. The van der Waals surface area contributed by atoms with Crippen LogP contribution in [0.3, 0.4) is 0 Å². The van der Waals surface area contributed by atoms with Gasteiger partial charge in [-0.2, -0.15) is 0 Å². The molecule has 0 spiro atoms. The van der Waals surface area contributed by atoms with Gasteiger partial charge in [0.05, 0.1) is 5.56 Å². The van der Waals surface area contributed by atoms with E-state index in [0.717, 1.165) is 30.7 Å². The first-order valence-corrected chi connectivity index (χ1v) is 10.3. The minimum atomic E-state index is -0.938. The number of piperidine rings is 1. The number of nitrogens with one attached hydrogen (secondary N) is 1. The lowest BCUT2D eigenvalue weighted by Gasteiger charge is -2.44. The van der Waals surface area contributed by atoms with Crippen molar-refractivity contribution >= 4 is 17.8 Å². The molecule has 0 aliphatic carbocycles. The molecule has 2 atom stereocenters. The molecule has 3 rings (SSSR count). The third-order valence-corrected chi connectivity index (χ3v) is 5.68. The van der Waals surface area contributed by atoms with Crippen LogP contribution in [0.2, 0.25) is 0 Å². The molecule has 166 valence electrons. The summed E-state index contributed by atoms with van der Waals surface area (Å²) < 4.78 is 26.9. The number of carbonyl (C=O) groups is 2. The highest BCUT2D eigenvalue weighted by atomic mass is 19.1. The summed E-state index contributed by atoms with van der Waals surface area (Å²) in [5.41, 5.74) is 0.320. The average Bonchev–Trinajstić information content (AvgIpc) is 2.67. The minimum Gasteiger partial charge on any atom is -0.465 e. The Hall–Kier alpha value is -3.03. The number of halogens is 2. The molecule has 2 unspecified atom stereocenters. The molecule has 0 bridgehead atoms. The number of aromatic nitrogens is 1. The molecule has 2 aromatic rings. The highest BCUT2D eigenvalue weighted by Gasteiger charge is 2.38. The third-order valence-electron chi connectivity index (χ3n) is 5.68. The molecule has 2 heterocycles. The molecule has 8 heteroatoms. The van der Waals surface area contributed by atoms with Gasteiger partial charge in [0.15, 0.2) is 0 Å². The van der Waals surface area contributed by atoms with Crippen LogP contribution in [-0.4, -0.2) is 39.6 Å². The van der Waals surface area contributed by atoms with E-state index < -0.39 is 23.6 Å². The molecule has 2 N–H and O–H groups in total. The summed E-state index contributed by atoms with van der Waals surface area (Å²) in [6.45, 7) is 6.60. The molecule has 6 nitrogen and oxygen atoms in total. The van der Waals surface area contributed by atoms with Crippen molar-refractivity contribution in [3.8, 4) is 0 Å². The summed E-state index contributed by atoms with van der Waals surface area (Å²) in [6, 6.07) is 7.90. The third kappa shape index (κ3) is 5.57. The van der Waals surface area contributed by atoms with Gasteiger partial charge >= 0.3 is 6.09 Å². The summed E-state index contributed by atoms with van der Waals surface area (Å²) in [5.74, 6) is -1.86. The standard InChI is InChI=1S/C23H27F2N3O3/c1-23(2,3)19-12-14(9-10-28(19)22(30)31)11-16-5-4-6-20(26-16)27-21(29)17-8-7-15(24)13-18(17)25/h4-8,13-14,19H,9-12H2,1-3H3,(H,30,31)(H,26,27,29). The predicted molar refractivity (Wildman–Crippen MR) is 113 cm³/mol. The molecule has 1 aromatic carbocycles. The normalized spacial score (nSPS) is 19.2. The van der Waals surface area contributed by atoms with E-state index in [2.05, 4.69) is 10.3 Å². The number of hydrogen-bond acceptors (Lipinski definition) is 3. The van der Waals surface area contributed by atoms with Gasteiger partial charge < -0.3 is 15.3 Å². The summed E-state index contributed by atoms with van der Waals surface area (Å²) in [5, 5.41) is 12.1. The average molecular weight is 431 g/mol. The van der Waals surface area contributed by atoms with E-state index in [1.54, 1.807) is 12.1 Å². The van der Waals surface area contributed by atoms with E-state index in [9.17, 15) is 23.5 Å². The van der Waals surface area contributed by atoms with Gasteiger partial charge in [0.2, 0.25) is 0 Å². The lowest BCUT2D eigenvalue weighted by molar-refractivity contribution is 0.0405. The van der Waals surface area contributed by atoms with Crippen molar-refractivity contribution < 1.29 is 23.5 Å². The highest BCUT2D eigenvalue weighted by molar-refractivity contribution is 6.03. The smallest absolute Gasteiger partial charge is 0.407 e. The first-order chi connectivity index (χ1) is 14.5. The van der Waals surface area contributed by atoms with E-state index in [1.807, 2.05) is 26.8 Å². The zero-order valence-electron chi connectivity index (χ0n) is 17.9. The van der Waals surface area contributed by atoms with Gasteiger partial charge in [-0.1, -0.05) is 26.8 Å². The van der Waals surface area contributed by atoms with E-state index >= 15 is 0 Å². The second-order valence-electron chi connectivity index (χ2n) is 9.04. The van der Waals surface area contributed by atoms with Crippen LogP contribution in [0, 0.1) is 23.0 Å². The van der Waals surface area contributed by atoms with Gasteiger partial charge in [0, 0.05) is 24.3 Å². The molecule has 0 radical (unpaired) electrons. The monoisotopic (exact) mass is 431 g/mol. The topological polar surface area (TPSA) is 82.5 Å². The zero-order valence-corrected chi connectivity index (χ0v) is 17.9. The Morgan fingerprint density at radius 1 is 1.23 bits per heavy atom. The van der Waals surface area contributed by atoms with Crippen LogP contribution in [0.25, 0.3) is 0 Å². The number of carboxylic acid groups (broad SMARTS) is 1. The Balaban J connectivity index is 1.69. The molecule has 2 amide bonds. The fraction of sp³-hybridized carbons (Fsp3) is 0.435. The number of hydrogen-bond donors (Lipinski definition) is 2. The highest BCUT2D eigenvalue weighted by Crippen LogP contribution is 2.35. The Morgan fingerprint density at radius 3 is 2.61 bits per heavy atom. The van der Waals surface area contributed by atoms with Crippen molar-refractivity contribution in [2.24, 2.45) is 11.3 Å². The largest absolute Gasteiger partial charge is 0.465 e. The van der Waals surface area contributed by atoms with Crippen molar-refractivity contribution in [1.29, 1.82) is 0 Å².